The van der Waals surface area contributed by atoms with Crippen molar-refractivity contribution in [2.45, 2.75) is 57.7 Å². The quantitative estimate of drug-likeness (QED) is 0.533. The summed E-state index contributed by atoms with van der Waals surface area (Å²) in [4.78, 5) is 7.36. The second-order valence-electron chi connectivity index (χ2n) is 6.35. The molecule has 1 aliphatic rings. The van der Waals surface area contributed by atoms with Crippen LogP contribution in [0, 0.1) is 0 Å². The Balaban J connectivity index is 2.50. The minimum atomic E-state index is 0.196. The predicted molar refractivity (Wildman–Crippen MR) is 96.5 cm³/mol. The van der Waals surface area contributed by atoms with Crippen LogP contribution in [0.4, 0.5) is 0 Å². The van der Waals surface area contributed by atoms with E-state index in [1.165, 1.54) is 32.4 Å². The molecule has 0 bridgehead atoms. The van der Waals surface area contributed by atoms with Crippen LogP contribution >= 0.6 is 11.8 Å². The molecule has 1 fully saturated rings. The first kappa shape index (κ1) is 18.6. The number of thioether (sulfide) groups is 1. The number of hydrogen-bond acceptors (Lipinski definition) is 3. The van der Waals surface area contributed by atoms with Crippen molar-refractivity contribution in [3.8, 4) is 0 Å². The Labute approximate surface area is 135 Å². The first-order chi connectivity index (χ1) is 10.0. The van der Waals surface area contributed by atoms with Crippen molar-refractivity contribution in [2.24, 2.45) is 4.99 Å². The van der Waals surface area contributed by atoms with Crippen LogP contribution in [0.15, 0.2) is 4.99 Å². The number of likely N-dealkylation sites (tertiary alicyclic amines) is 1. The highest BCUT2D eigenvalue weighted by molar-refractivity contribution is 7.99. The SMILES string of the molecule is CCNC(=NCC(C)(C)SC)NCC(CC)N1CCCC1. The Bertz CT molecular complexity index is 311. The summed E-state index contributed by atoms with van der Waals surface area (Å²) < 4.78 is 0.196. The number of nitrogens with one attached hydrogen (secondary N) is 2. The Morgan fingerprint density at radius 3 is 2.43 bits per heavy atom. The maximum Gasteiger partial charge on any atom is 0.191 e. The van der Waals surface area contributed by atoms with Gasteiger partial charge in [0.25, 0.3) is 0 Å². The molecule has 0 aromatic heterocycles. The lowest BCUT2D eigenvalue weighted by atomic mass is 10.2. The second kappa shape index (κ2) is 9.57. The van der Waals surface area contributed by atoms with Crippen LogP contribution in [0.5, 0.6) is 0 Å². The fourth-order valence-electron chi connectivity index (χ4n) is 2.53. The van der Waals surface area contributed by atoms with Crippen molar-refractivity contribution in [1.29, 1.82) is 0 Å². The van der Waals surface area contributed by atoms with Crippen molar-refractivity contribution in [2.75, 3.05) is 39.0 Å². The summed E-state index contributed by atoms with van der Waals surface area (Å²) >= 11 is 1.87. The molecule has 124 valence electrons. The molecule has 1 aliphatic heterocycles. The molecule has 21 heavy (non-hydrogen) atoms. The van der Waals surface area contributed by atoms with Gasteiger partial charge in [0.15, 0.2) is 5.96 Å². The van der Waals surface area contributed by atoms with Crippen molar-refractivity contribution in [1.82, 2.24) is 15.5 Å². The molecule has 1 unspecified atom stereocenters. The Hall–Kier alpha value is -0.420. The van der Waals surface area contributed by atoms with Crippen LogP contribution in [0.3, 0.4) is 0 Å². The molecule has 1 atom stereocenters. The minimum absolute atomic E-state index is 0.196. The van der Waals surface area contributed by atoms with Crippen LogP contribution < -0.4 is 10.6 Å². The van der Waals surface area contributed by atoms with Gasteiger partial charge in [-0.25, -0.2) is 0 Å². The molecule has 0 amide bonds. The van der Waals surface area contributed by atoms with Gasteiger partial charge in [-0.1, -0.05) is 6.92 Å². The fourth-order valence-corrected chi connectivity index (χ4v) is 2.72. The van der Waals surface area contributed by atoms with Gasteiger partial charge >= 0.3 is 0 Å². The van der Waals surface area contributed by atoms with E-state index in [1.807, 2.05) is 11.8 Å². The van der Waals surface area contributed by atoms with Crippen LogP contribution in [0.1, 0.15) is 47.0 Å². The zero-order chi connectivity index (χ0) is 15.7. The second-order valence-corrected chi connectivity index (χ2v) is 7.86. The van der Waals surface area contributed by atoms with Crippen LogP contribution in [-0.4, -0.2) is 60.6 Å². The van der Waals surface area contributed by atoms with Gasteiger partial charge in [0, 0.05) is 23.9 Å². The normalized spacial score (nSPS) is 18.8. The number of rotatable bonds is 8. The zero-order valence-corrected chi connectivity index (χ0v) is 15.4. The lowest BCUT2D eigenvalue weighted by Crippen LogP contribution is -2.46. The number of hydrogen-bond donors (Lipinski definition) is 2. The summed E-state index contributed by atoms with van der Waals surface area (Å²) in [5.74, 6) is 0.956. The first-order valence-corrected chi connectivity index (χ1v) is 9.56. The van der Waals surface area contributed by atoms with E-state index in [0.717, 1.165) is 25.6 Å². The molecular formula is C16H34N4S. The van der Waals surface area contributed by atoms with Crippen molar-refractivity contribution < 1.29 is 0 Å². The minimum Gasteiger partial charge on any atom is -0.357 e. The number of nitrogens with zero attached hydrogens (tertiary/aromatic N) is 2. The third kappa shape index (κ3) is 6.92. The van der Waals surface area contributed by atoms with Gasteiger partial charge in [-0.05, 0) is 59.4 Å². The summed E-state index contributed by atoms with van der Waals surface area (Å²) in [5, 5.41) is 6.89. The molecule has 1 rings (SSSR count). The summed E-state index contributed by atoms with van der Waals surface area (Å²) in [6.45, 7) is 14.1. The maximum atomic E-state index is 4.74. The van der Waals surface area contributed by atoms with Crippen molar-refractivity contribution in [3.05, 3.63) is 0 Å². The molecule has 1 heterocycles. The van der Waals surface area contributed by atoms with Crippen molar-refractivity contribution >= 4 is 17.7 Å². The van der Waals surface area contributed by atoms with Gasteiger partial charge in [-0.3, -0.25) is 9.89 Å². The van der Waals surface area contributed by atoms with Gasteiger partial charge in [0.2, 0.25) is 0 Å². The van der Waals surface area contributed by atoms with Crippen LogP contribution in [0.2, 0.25) is 0 Å². The molecule has 0 aromatic rings. The molecular weight excluding hydrogens is 280 g/mol. The van der Waals surface area contributed by atoms with E-state index in [9.17, 15) is 0 Å². The topological polar surface area (TPSA) is 39.7 Å². The molecule has 4 nitrogen and oxygen atoms in total. The largest absolute Gasteiger partial charge is 0.357 e. The van der Waals surface area contributed by atoms with E-state index >= 15 is 0 Å². The van der Waals surface area contributed by atoms with E-state index in [4.69, 9.17) is 4.99 Å². The Kier molecular flexibility index (Phi) is 8.49. The molecule has 5 heteroatoms. The average Bonchev–Trinajstić information content (AvgIpc) is 2.99. The van der Waals surface area contributed by atoms with Crippen LogP contribution in [-0.2, 0) is 0 Å². The monoisotopic (exact) mass is 314 g/mol. The highest BCUT2D eigenvalue weighted by Gasteiger charge is 2.20. The molecule has 0 saturated carbocycles. The highest BCUT2D eigenvalue weighted by atomic mass is 32.2. The molecule has 1 saturated heterocycles. The molecule has 0 spiro atoms. The third-order valence-electron chi connectivity index (χ3n) is 4.15. The van der Waals surface area contributed by atoms with E-state index in [-0.39, 0.29) is 4.75 Å². The maximum absolute atomic E-state index is 4.74. The van der Waals surface area contributed by atoms with Crippen molar-refractivity contribution in [3.63, 3.8) is 0 Å². The standard InChI is InChI=1S/C16H34N4S/c1-6-14(20-10-8-9-11-20)12-18-15(17-7-2)19-13-16(3,4)21-5/h14H,6-13H2,1-5H3,(H2,17,18,19). The van der Waals surface area contributed by atoms with E-state index in [2.05, 4.69) is 49.5 Å². The van der Waals surface area contributed by atoms with Gasteiger partial charge in [0.1, 0.15) is 0 Å². The molecule has 2 N–H and O–H groups in total. The summed E-state index contributed by atoms with van der Waals surface area (Å²) in [6.07, 6.45) is 6.05. The Morgan fingerprint density at radius 2 is 1.90 bits per heavy atom. The Morgan fingerprint density at radius 1 is 1.24 bits per heavy atom. The first-order valence-electron chi connectivity index (χ1n) is 8.33. The van der Waals surface area contributed by atoms with E-state index < -0.39 is 0 Å². The lowest BCUT2D eigenvalue weighted by Gasteiger charge is -2.27. The predicted octanol–water partition coefficient (Wildman–Crippen LogP) is 2.56. The summed E-state index contributed by atoms with van der Waals surface area (Å²) in [6, 6.07) is 0.630. The summed E-state index contributed by atoms with van der Waals surface area (Å²) in [7, 11) is 0. The summed E-state index contributed by atoms with van der Waals surface area (Å²) in [5.41, 5.74) is 0. The van der Waals surface area contributed by atoms with Gasteiger partial charge in [-0.2, -0.15) is 11.8 Å². The van der Waals surface area contributed by atoms with Gasteiger partial charge in [-0.15, -0.1) is 0 Å². The number of aliphatic imine (C=N–C) groups is 1. The van der Waals surface area contributed by atoms with E-state index in [0.29, 0.717) is 6.04 Å². The zero-order valence-electron chi connectivity index (χ0n) is 14.5. The fraction of sp³-hybridized carbons (Fsp3) is 0.938. The smallest absolute Gasteiger partial charge is 0.191 e. The van der Waals surface area contributed by atoms with Crippen LogP contribution in [0.25, 0.3) is 0 Å². The molecule has 0 aromatic carbocycles. The number of guanidine groups is 1. The van der Waals surface area contributed by atoms with E-state index in [1.54, 1.807) is 0 Å². The third-order valence-corrected chi connectivity index (χ3v) is 5.38. The lowest BCUT2D eigenvalue weighted by molar-refractivity contribution is 0.236. The highest BCUT2D eigenvalue weighted by Crippen LogP contribution is 2.21. The molecule has 0 aliphatic carbocycles. The van der Waals surface area contributed by atoms with Gasteiger partial charge in [0.05, 0.1) is 6.54 Å². The average molecular weight is 315 g/mol. The van der Waals surface area contributed by atoms with Gasteiger partial charge < -0.3 is 10.6 Å². The molecule has 0 radical (unpaired) electrons.